The lowest BCUT2D eigenvalue weighted by Gasteiger charge is -2.02. The highest BCUT2D eigenvalue weighted by atomic mass is 35.5. The number of aromatic carboxylic acids is 1. The molecule has 76 valence electrons. The molecule has 0 fully saturated rings. The number of aromatic nitrogens is 2. The number of nitrogens with zero attached hydrogens (tertiary/aromatic N) is 2. The van der Waals surface area contributed by atoms with Gasteiger partial charge in [-0.05, 0) is 12.1 Å². The molecule has 0 aliphatic carbocycles. The summed E-state index contributed by atoms with van der Waals surface area (Å²) in [7, 11) is 0. The monoisotopic (exact) mass is 222 g/mol. The molecule has 0 spiro atoms. The van der Waals surface area contributed by atoms with Gasteiger partial charge in [-0.1, -0.05) is 29.8 Å². The first kappa shape index (κ1) is 9.73. The van der Waals surface area contributed by atoms with Gasteiger partial charge in [0.05, 0.1) is 5.69 Å². The van der Waals surface area contributed by atoms with Gasteiger partial charge < -0.3 is 5.11 Å². The number of hydrogen-bond donors (Lipinski definition) is 1. The highest BCUT2D eigenvalue weighted by Crippen LogP contribution is 2.15. The quantitative estimate of drug-likeness (QED) is 0.848. The number of carbonyl (C=O) groups is 1. The third-order valence-corrected chi connectivity index (χ3v) is 2.08. The Morgan fingerprint density at radius 3 is 2.60 bits per heavy atom. The standard InChI is InChI=1S/C10H7ClN2O2/c11-9-6-8(10(14)15)13(12-9)7-4-2-1-3-5-7/h1-6H,(H,14,15). The number of carboxylic acid groups (broad SMARTS) is 1. The number of rotatable bonds is 2. The van der Waals surface area contributed by atoms with Crippen LogP contribution in [0.15, 0.2) is 36.4 Å². The summed E-state index contributed by atoms with van der Waals surface area (Å²) in [5.74, 6) is -1.06. The Morgan fingerprint density at radius 1 is 1.33 bits per heavy atom. The minimum atomic E-state index is -1.06. The van der Waals surface area contributed by atoms with Gasteiger partial charge in [-0.3, -0.25) is 0 Å². The van der Waals surface area contributed by atoms with Crippen LogP contribution in [-0.4, -0.2) is 20.9 Å². The van der Waals surface area contributed by atoms with Gasteiger partial charge in [0.15, 0.2) is 10.8 Å². The number of benzene rings is 1. The second kappa shape index (κ2) is 3.74. The maximum Gasteiger partial charge on any atom is 0.354 e. The van der Waals surface area contributed by atoms with Crippen molar-refractivity contribution in [2.75, 3.05) is 0 Å². The predicted molar refractivity (Wildman–Crippen MR) is 55.5 cm³/mol. The molecule has 0 saturated heterocycles. The molecule has 2 aromatic rings. The molecule has 0 unspecified atom stereocenters. The molecule has 0 aliphatic heterocycles. The van der Waals surface area contributed by atoms with Gasteiger partial charge in [-0.25, -0.2) is 9.48 Å². The van der Waals surface area contributed by atoms with Gasteiger partial charge in [0.25, 0.3) is 0 Å². The average Bonchev–Trinajstić information content (AvgIpc) is 2.62. The first-order valence-corrected chi connectivity index (χ1v) is 4.60. The Kier molecular flexibility index (Phi) is 2.43. The van der Waals surface area contributed by atoms with Crippen LogP contribution >= 0.6 is 11.6 Å². The molecule has 1 heterocycles. The van der Waals surface area contributed by atoms with Crippen LogP contribution in [0.4, 0.5) is 0 Å². The Labute approximate surface area is 90.7 Å². The van der Waals surface area contributed by atoms with Crippen molar-refractivity contribution in [1.29, 1.82) is 0 Å². The van der Waals surface area contributed by atoms with Crippen molar-refractivity contribution in [2.45, 2.75) is 0 Å². The van der Waals surface area contributed by atoms with Crippen LogP contribution in [0, 0.1) is 0 Å². The largest absolute Gasteiger partial charge is 0.477 e. The molecular formula is C10H7ClN2O2. The Bertz CT molecular complexity index is 493. The van der Waals surface area contributed by atoms with Crippen molar-refractivity contribution in [3.05, 3.63) is 47.2 Å². The van der Waals surface area contributed by atoms with Crippen LogP contribution in [0.1, 0.15) is 10.5 Å². The summed E-state index contributed by atoms with van der Waals surface area (Å²) in [5.41, 5.74) is 0.716. The van der Waals surface area contributed by atoms with Gasteiger partial charge in [-0.15, -0.1) is 0 Å². The molecular weight excluding hydrogens is 216 g/mol. The molecule has 0 atom stereocenters. The summed E-state index contributed by atoms with van der Waals surface area (Å²) in [6.45, 7) is 0. The maximum atomic E-state index is 10.9. The van der Waals surface area contributed by atoms with Crippen molar-refractivity contribution in [3.8, 4) is 5.69 Å². The second-order valence-corrected chi connectivity index (χ2v) is 3.29. The van der Waals surface area contributed by atoms with Crippen molar-refractivity contribution >= 4 is 17.6 Å². The molecule has 0 aliphatic rings. The van der Waals surface area contributed by atoms with Crippen LogP contribution in [0.25, 0.3) is 5.69 Å². The summed E-state index contributed by atoms with van der Waals surface area (Å²) < 4.78 is 1.30. The predicted octanol–water partition coefficient (Wildman–Crippen LogP) is 2.22. The van der Waals surface area contributed by atoms with Crippen LogP contribution < -0.4 is 0 Å². The third kappa shape index (κ3) is 1.85. The fourth-order valence-electron chi connectivity index (χ4n) is 1.27. The highest BCUT2D eigenvalue weighted by Gasteiger charge is 2.14. The second-order valence-electron chi connectivity index (χ2n) is 2.90. The molecule has 0 saturated carbocycles. The highest BCUT2D eigenvalue weighted by molar-refractivity contribution is 6.29. The zero-order chi connectivity index (χ0) is 10.8. The van der Waals surface area contributed by atoms with E-state index in [-0.39, 0.29) is 10.8 Å². The molecule has 2 rings (SSSR count). The number of carboxylic acids is 1. The molecule has 15 heavy (non-hydrogen) atoms. The Balaban J connectivity index is 2.58. The van der Waals surface area contributed by atoms with Crippen molar-refractivity contribution in [1.82, 2.24) is 9.78 Å². The van der Waals surface area contributed by atoms with E-state index in [2.05, 4.69) is 5.10 Å². The molecule has 0 amide bonds. The third-order valence-electron chi connectivity index (χ3n) is 1.90. The molecule has 1 aromatic carbocycles. The van der Waals surface area contributed by atoms with Gasteiger partial charge >= 0.3 is 5.97 Å². The van der Waals surface area contributed by atoms with E-state index in [1.807, 2.05) is 6.07 Å². The van der Waals surface area contributed by atoms with Gasteiger partial charge in [-0.2, -0.15) is 5.10 Å². The van der Waals surface area contributed by atoms with E-state index in [9.17, 15) is 4.79 Å². The average molecular weight is 223 g/mol. The zero-order valence-corrected chi connectivity index (χ0v) is 8.35. The molecule has 0 bridgehead atoms. The Hall–Kier alpha value is -1.81. The van der Waals surface area contributed by atoms with E-state index in [0.29, 0.717) is 5.69 Å². The topological polar surface area (TPSA) is 55.1 Å². The smallest absolute Gasteiger partial charge is 0.354 e. The molecule has 1 aromatic heterocycles. The first-order valence-electron chi connectivity index (χ1n) is 4.23. The zero-order valence-electron chi connectivity index (χ0n) is 7.59. The minimum Gasteiger partial charge on any atom is -0.477 e. The first-order chi connectivity index (χ1) is 7.18. The van der Waals surface area contributed by atoms with E-state index in [1.165, 1.54) is 10.7 Å². The lowest BCUT2D eigenvalue weighted by molar-refractivity contribution is 0.0687. The molecule has 1 N–H and O–H groups in total. The van der Waals surface area contributed by atoms with Crippen molar-refractivity contribution in [3.63, 3.8) is 0 Å². The van der Waals surface area contributed by atoms with E-state index in [1.54, 1.807) is 24.3 Å². The summed E-state index contributed by atoms with van der Waals surface area (Å²) >= 11 is 5.66. The summed E-state index contributed by atoms with van der Waals surface area (Å²) in [6.07, 6.45) is 0. The van der Waals surface area contributed by atoms with Crippen molar-refractivity contribution < 1.29 is 9.90 Å². The number of hydrogen-bond acceptors (Lipinski definition) is 2. The minimum absolute atomic E-state index is 0.0474. The fourth-order valence-corrected chi connectivity index (χ4v) is 1.45. The fraction of sp³-hybridized carbons (Fsp3) is 0. The number of para-hydroxylation sites is 1. The van der Waals surface area contributed by atoms with Gasteiger partial charge in [0.2, 0.25) is 0 Å². The van der Waals surface area contributed by atoms with Crippen LogP contribution in [0.2, 0.25) is 5.15 Å². The maximum absolute atomic E-state index is 10.9. The molecule has 5 heteroatoms. The molecule has 0 radical (unpaired) electrons. The van der Waals surface area contributed by atoms with E-state index >= 15 is 0 Å². The Morgan fingerprint density at radius 2 is 2.00 bits per heavy atom. The van der Waals surface area contributed by atoms with Gasteiger partial charge in [0, 0.05) is 6.07 Å². The summed E-state index contributed by atoms with van der Waals surface area (Å²) in [5, 5.41) is 13.0. The van der Waals surface area contributed by atoms with Crippen LogP contribution in [0.5, 0.6) is 0 Å². The van der Waals surface area contributed by atoms with Crippen LogP contribution in [0.3, 0.4) is 0 Å². The SMILES string of the molecule is O=C(O)c1cc(Cl)nn1-c1ccccc1. The van der Waals surface area contributed by atoms with E-state index < -0.39 is 5.97 Å². The lowest BCUT2D eigenvalue weighted by atomic mass is 10.3. The van der Waals surface area contributed by atoms with Crippen LogP contribution in [-0.2, 0) is 0 Å². The normalized spacial score (nSPS) is 10.2. The number of halogens is 1. The lowest BCUT2D eigenvalue weighted by Crippen LogP contribution is -2.07. The van der Waals surface area contributed by atoms with Gasteiger partial charge in [0.1, 0.15) is 0 Å². The van der Waals surface area contributed by atoms with E-state index in [0.717, 1.165) is 0 Å². The molecule has 4 nitrogen and oxygen atoms in total. The van der Waals surface area contributed by atoms with Crippen molar-refractivity contribution in [2.24, 2.45) is 0 Å². The summed E-state index contributed by atoms with van der Waals surface area (Å²) in [6, 6.07) is 10.3. The summed E-state index contributed by atoms with van der Waals surface area (Å²) in [4.78, 5) is 10.9. The van der Waals surface area contributed by atoms with E-state index in [4.69, 9.17) is 16.7 Å².